The zero-order chi connectivity index (χ0) is 13.9. The molecule has 1 fully saturated rings. The highest BCUT2D eigenvalue weighted by molar-refractivity contribution is 5.27. The van der Waals surface area contributed by atoms with Crippen molar-refractivity contribution < 1.29 is 9.13 Å². The first kappa shape index (κ1) is 14.0. The van der Waals surface area contributed by atoms with Crippen LogP contribution in [0.4, 0.5) is 4.39 Å². The summed E-state index contributed by atoms with van der Waals surface area (Å²) in [7, 11) is 0. The Labute approximate surface area is 114 Å². The topological polar surface area (TPSA) is 21.3 Å². The third-order valence-corrected chi connectivity index (χ3v) is 3.20. The first-order chi connectivity index (χ1) is 9.02. The predicted octanol–water partition coefficient (Wildman–Crippen LogP) is 3.18. The SMILES string of the molecule is CC#CCCc1ccc(C2NC(C)(C)CO2)c(F)c1. The van der Waals surface area contributed by atoms with Gasteiger partial charge in [0.15, 0.2) is 0 Å². The Hall–Kier alpha value is -1.37. The van der Waals surface area contributed by atoms with Crippen molar-refractivity contribution in [3.8, 4) is 11.8 Å². The van der Waals surface area contributed by atoms with E-state index in [1.165, 1.54) is 0 Å². The lowest BCUT2D eigenvalue weighted by atomic mass is 10.0. The Morgan fingerprint density at radius 2 is 2.26 bits per heavy atom. The van der Waals surface area contributed by atoms with Gasteiger partial charge in [-0.2, -0.15) is 0 Å². The summed E-state index contributed by atoms with van der Waals surface area (Å²) in [5.74, 6) is 5.62. The maximum Gasteiger partial charge on any atom is 0.137 e. The fraction of sp³-hybridized carbons (Fsp3) is 0.500. The molecule has 0 saturated carbocycles. The summed E-state index contributed by atoms with van der Waals surface area (Å²) in [6, 6.07) is 5.35. The molecule has 1 N–H and O–H groups in total. The largest absolute Gasteiger partial charge is 0.357 e. The maximum atomic E-state index is 14.1. The number of benzene rings is 1. The van der Waals surface area contributed by atoms with Crippen LogP contribution in [0.1, 0.15) is 44.5 Å². The fourth-order valence-electron chi connectivity index (χ4n) is 2.17. The number of rotatable bonds is 3. The van der Waals surface area contributed by atoms with Gasteiger partial charge in [0.25, 0.3) is 0 Å². The predicted molar refractivity (Wildman–Crippen MR) is 74.1 cm³/mol. The Morgan fingerprint density at radius 3 is 2.84 bits per heavy atom. The molecule has 1 aliphatic heterocycles. The molecule has 0 spiro atoms. The van der Waals surface area contributed by atoms with Gasteiger partial charge in [0.2, 0.25) is 0 Å². The van der Waals surface area contributed by atoms with Gasteiger partial charge in [-0.25, -0.2) is 4.39 Å². The average molecular weight is 261 g/mol. The van der Waals surface area contributed by atoms with Crippen molar-refractivity contribution in [2.45, 2.75) is 45.4 Å². The molecular formula is C16H20FNO. The van der Waals surface area contributed by atoms with Crippen LogP contribution in [0, 0.1) is 17.7 Å². The molecule has 0 amide bonds. The molecule has 19 heavy (non-hydrogen) atoms. The highest BCUT2D eigenvalue weighted by atomic mass is 19.1. The van der Waals surface area contributed by atoms with Gasteiger partial charge in [-0.3, -0.25) is 5.32 Å². The molecule has 1 unspecified atom stereocenters. The molecule has 0 radical (unpaired) electrons. The van der Waals surface area contributed by atoms with Gasteiger partial charge in [0.1, 0.15) is 12.0 Å². The minimum Gasteiger partial charge on any atom is -0.357 e. The molecule has 1 aliphatic rings. The Balaban J connectivity index is 2.08. The van der Waals surface area contributed by atoms with Crippen molar-refractivity contribution in [1.29, 1.82) is 0 Å². The van der Waals surface area contributed by atoms with E-state index >= 15 is 0 Å². The van der Waals surface area contributed by atoms with Crippen molar-refractivity contribution >= 4 is 0 Å². The van der Waals surface area contributed by atoms with E-state index in [9.17, 15) is 4.39 Å². The number of ether oxygens (including phenoxy) is 1. The van der Waals surface area contributed by atoms with Crippen molar-refractivity contribution in [2.75, 3.05) is 6.61 Å². The van der Waals surface area contributed by atoms with E-state index in [0.29, 0.717) is 12.2 Å². The monoisotopic (exact) mass is 261 g/mol. The van der Waals surface area contributed by atoms with Crippen LogP contribution in [-0.4, -0.2) is 12.1 Å². The van der Waals surface area contributed by atoms with Crippen LogP contribution in [0.2, 0.25) is 0 Å². The molecular weight excluding hydrogens is 241 g/mol. The van der Waals surface area contributed by atoms with Gasteiger partial charge in [-0.05, 0) is 38.8 Å². The van der Waals surface area contributed by atoms with E-state index in [4.69, 9.17) is 4.74 Å². The lowest BCUT2D eigenvalue weighted by Crippen LogP contribution is -2.36. The van der Waals surface area contributed by atoms with E-state index < -0.39 is 0 Å². The number of hydrogen-bond donors (Lipinski definition) is 1. The smallest absolute Gasteiger partial charge is 0.137 e. The average Bonchev–Trinajstić information content (AvgIpc) is 2.70. The molecule has 102 valence electrons. The van der Waals surface area contributed by atoms with Crippen LogP contribution in [0.3, 0.4) is 0 Å². The van der Waals surface area contributed by atoms with Crippen molar-refractivity contribution in [3.05, 3.63) is 35.1 Å². The second-order valence-corrected chi connectivity index (χ2v) is 5.50. The summed E-state index contributed by atoms with van der Waals surface area (Å²) < 4.78 is 19.7. The summed E-state index contributed by atoms with van der Waals surface area (Å²) in [4.78, 5) is 0. The lowest BCUT2D eigenvalue weighted by molar-refractivity contribution is 0.0960. The van der Waals surface area contributed by atoms with Gasteiger partial charge in [-0.1, -0.05) is 12.1 Å². The number of hydrogen-bond acceptors (Lipinski definition) is 2. The second-order valence-electron chi connectivity index (χ2n) is 5.50. The van der Waals surface area contributed by atoms with E-state index in [-0.39, 0.29) is 17.6 Å². The third-order valence-electron chi connectivity index (χ3n) is 3.20. The fourth-order valence-corrected chi connectivity index (χ4v) is 2.17. The van der Waals surface area contributed by atoms with E-state index in [2.05, 4.69) is 17.2 Å². The number of aryl methyl sites for hydroxylation is 1. The minimum atomic E-state index is -0.348. The zero-order valence-corrected chi connectivity index (χ0v) is 11.7. The number of nitrogens with one attached hydrogen (secondary N) is 1. The molecule has 2 nitrogen and oxygen atoms in total. The van der Waals surface area contributed by atoms with Crippen LogP contribution in [0.25, 0.3) is 0 Å². The first-order valence-corrected chi connectivity index (χ1v) is 6.59. The van der Waals surface area contributed by atoms with Crippen LogP contribution in [-0.2, 0) is 11.2 Å². The van der Waals surface area contributed by atoms with Gasteiger partial charge in [-0.15, -0.1) is 11.8 Å². The summed E-state index contributed by atoms with van der Waals surface area (Å²) in [5, 5.41) is 3.27. The minimum absolute atomic E-state index is 0.105. The Bertz CT molecular complexity index is 513. The molecule has 0 bridgehead atoms. The molecule has 1 saturated heterocycles. The zero-order valence-electron chi connectivity index (χ0n) is 11.7. The van der Waals surface area contributed by atoms with Gasteiger partial charge in [0, 0.05) is 17.5 Å². The van der Waals surface area contributed by atoms with Gasteiger partial charge >= 0.3 is 0 Å². The van der Waals surface area contributed by atoms with E-state index in [1.807, 2.05) is 32.9 Å². The molecule has 1 atom stereocenters. The van der Waals surface area contributed by atoms with E-state index in [1.54, 1.807) is 6.07 Å². The lowest BCUT2D eigenvalue weighted by Gasteiger charge is -2.17. The van der Waals surface area contributed by atoms with Crippen LogP contribution >= 0.6 is 0 Å². The Kier molecular flexibility index (Phi) is 4.24. The molecule has 1 aromatic carbocycles. The van der Waals surface area contributed by atoms with Crippen molar-refractivity contribution in [1.82, 2.24) is 5.32 Å². The standard InChI is InChI=1S/C16H20FNO/c1-4-5-6-7-12-8-9-13(14(17)10-12)15-18-16(2,3)11-19-15/h8-10,15,18H,6-7,11H2,1-3H3. The molecule has 3 heteroatoms. The van der Waals surface area contributed by atoms with Crippen LogP contribution in [0.5, 0.6) is 0 Å². The summed E-state index contributed by atoms with van der Waals surface area (Å²) in [6.45, 7) is 6.49. The van der Waals surface area contributed by atoms with E-state index in [0.717, 1.165) is 18.4 Å². The third kappa shape index (κ3) is 3.56. The number of halogens is 1. The van der Waals surface area contributed by atoms with Crippen molar-refractivity contribution in [2.24, 2.45) is 0 Å². The highest BCUT2D eigenvalue weighted by Crippen LogP contribution is 2.28. The normalized spacial score (nSPS) is 20.9. The molecule has 0 aliphatic carbocycles. The highest BCUT2D eigenvalue weighted by Gasteiger charge is 2.32. The van der Waals surface area contributed by atoms with Crippen LogP contribution < -0.4 is 5.32 Å². The van der Waals surface area contributed by atoms with Gasteiger partial charge < -0.3 is 4.74 Å². The van der Waals surface area contributed by atoms with Crippen LogP contribution in [0.15, 0.2) is 18.2 Å². The molecule has 2 rings (SSSR count). The summed E-state index contributed by atoms with van der Waals surface area (Å²) >= 11 is 0. The maximum absolute atomic E-state index is 14.1. The summed E-state index contributed by atoms with van der Waals surface area (Å²) in [5.41, 5.74) is 1.45. The second kappa shape index (κ2) is 5.73. The Morgan fingerprint density at radius 1 is 1.47 bits per heavy atom. The quantitative estimate of drug-likeness (QED) is 0.844. The first-order valence-electron chi connectivity index (χ1n) is 6.59. The summed E-state index contributed by atoms with van der Waals surface area (Å²) in [6.07, 6.45) is 1.20. The van der Waals surface area contributed by atoms with Gasteiger partial charge in [0.05, 0.1) is 6.61 Å². The molecule has 0 aromatic heterocycles. The molecule has 1 aromatic rings. The molecule has 1 heterocycles. The van der Waals surface area contributed by atoms with Crippen molar-refractivity contribution in [3.63, 3.8) is 0 Å².